The molecule has 0 radical (unpaired) electrons. The van der Waals surface area contributed by atoms with Crippen molar-refractivity contribution in [2.75, 3.05) is 32.1 Å². The summed E-state index contributed by atoms with van der Waals surface area (Å²) in [6.07, 6.45) is 0. The van der Waals surface area contributed by atoms with Crippen molar-refractivity contribution in [2.24, 2.45) is 0 Å². The zero-order chi connectivity index (χ0) is 7.40. The standard InChI is InChI=1S/C6H12ClN3/c7-5-6(8)10-3-1-9-2-4-10/h8-9H,1-5H2. The fourth-order valence-electron chi connectivity index (χ4n) is 1.02. The van der Waals surface area contributed by atoms with Gasteiger partial charge in [0.1, 0.15) is 5.84 Å². The van der Waals surface area contributed by atoms with Gasteiger partial charge in [-0.05, 0) is 0 Å². The monoisotopic (exact) mass is 161 g/mol. The number of amidine groups is 1. The molecule has 1 fully saturated rings. The van der Waals surface area contributed by atoms with Crippen LogP contribution >= 0.6 is 11.6 Å². The third-order valence-corrected chi connectivity index (χ3v) is 1.88. The summed E-state index contributed by atoms with van der Waals surface area (Å²) in [5.41, 5.74) is 0. The van der Waals surface area contributed by atoms with Crippen LogP contribution < -0.4 is 5.32 Å². The number of nitrogens with one attached hydrogen (secondary N) is 2. The number of hydrogen-bond donors (Lipinski definition) is 2. The molecule has 0 saturated carbocycles. The van der Waals surface area contributed by atoms with E-state index in [1.54, 1.807) is 0 Å². The first-order valence-corrected chi connectivity index (χ1v) is 3.97. The molecule has 1 saturated heterocycles. The van der Waals surface area contributed by atoms with Crippen LogP contribution in [0.4, 0.5) is 0 Å². The summed E-state index contributed by atoms with van der Waals surface area (Å²) in [4.78, 5) is 2.00. The number of hydrogen-bond acceptors (Lipinski definition) is 2. The van der Waals surface area contributed by atoms with E-state index in [9.17, 15) is 0 Å². The van der Waals surface area contributed by atoms with E-state index in [1.165, 1.54) is 0 Å². The van der Waals surface area contributed by atoms with Crippen LogP contribution in [-0.2, 0) is 0 Å². The lowest BCUT2D eigenvalue weighted by molar-refractivity contribution is 0.354. The van der Waals surface area contributed by atoms with E-state index in [1.807, 2.05) is 4.90 Å². The van der Waals surface area contributed by atoms with Gasteiger partial charge in [0.05, 0.1) is 5.88 Å². The lowest BCUT2D eigenvalue weighted by Crippen LogP contribution is -2.46. The maximum Gasteiger partial charge on any atom is 0.111 e. The highest BCUT2D eigenvalue weighted by Gasteiger charge is 2.10. The van der Waals surface area contributed by atoms with E-state index >= 15 is 0 Å². The van der Waals surface area contributed by atoms with Gasteiger partial charge in [-0.1, -0.05) is 0 Å². The Morgan fingerprint density at radius 1 is 1.50 bits per heavy atom. The van der Waals surface area contributed by atoms with E-state index in [0.29, 0.717) is 11.7 Å². The Bertz CT molecular complexity index is 120. The summed E-state index contributed by atoms with van der Waals surface area (Å²) in [5.74, 6) is 0.878. The fourth-order valence-corrected chi connectivity index (χ4v) is 1.19. The van der Waals surface area contributed by atoms with Crippen LogP contribution in [-0.4, -0.2) is 42.8 Å². The second-order valence-electron chi connectivity index (χ2n) is 2.32. The van der Waals surface area contributed by atoms with E-state index in [-0.39, 0.29) is 0 Å². The number of piperazine rings is 1. The molecule has 1 heterocycles. The van der Waals surface area contributed by atoms with Crippen molar-refractivity contribution < 1.29 is 0 Å². The SMILES string of the molecule is N=C(CCl)N1CCNCC1. The Morgan fingerprint density at radius 2 is 2.10 bits per heavy atom. The maximum atomic E-state index is 7.40. The van der Waals surface area contributed by atoms with Crippen molar-refractivity contribution in [3.8, 4) is 0 Å². The molecule has 0 aliphatic carbocycles. The average Bonchev–Trinajstić information content (AvgIpc) is 2.05. The molecule has 4 heteroatoms. The van der Waals surface area contributed by atoms with Gasteiger partial charge < -0.3 is 10.2 Å². The predicted octanol–water partition coefficient (Wildman–Crippen LogP) is 0.108. The molecule has 1 rings (SSSR count). The lowest BCUT2D eigenvalue weighted by Gasteiger charge is -2.28. The van der Waals surface area contributed by atoms with E-state index in [2.05, 4.69) is 5.32 Å². The summed E-state index contributed by atoms with van der Waals surface area (Å²) in [5, 5.41) is 10.6. The molecule has 0 aromatic heterocycles. The fraction of sp³-hybridized carbons (Fsp3) is 0.833. The normalized spacial score (nSPS) is 19.1. The van der Waals surface area contributed by atoms with Gasteiger partial charge in [-0.25, -0.2) is 0 Å². The first-order valence-electron chi connectivity index (χ1n) is 3.43. The molecular formula is C6H12ClN3. The van der Waals surface area contributed by atoms with Gasteiger partial charge >= 0.3 is 0 Å². The summed E-state index contributed by atoms with van der Waals surface area (Å²) in [7, 11) is 0. The second-order valence-corrected chi connectivity index (χ2v) is 2.58. The molecule has 0 unspecified atom stereocenters. The Kier molecular flexibility index (Phi) is 2.96. The summed E-state index contributed by atoms with van der Waals surface area (Å²) in [6.45, 7) is 3.79. The van der Waals surface area contributed by atoms with Gasteiger partial charge in [0.15, 0.2) is 0 Å². The maximum absolute atomic E-state index is 7.40. The topological polar surface area (TPSA) is 39.1 Å². The highest BCUT2D eigenvalue weighted by Crippen LogP contribution is 1.94. The highest BCUT2D eigenvalue weighted by atomic mass is 35.5. The molecule has 1 aliphatic rings. The molecule has 58 valence electrons. The minimum Gasteiger partial charge on any atom is -0.357 e. The Balaban J connectivity index is 2.31. The van der Waals surface area contributed by atoms with Gasteiger partial charge in [0.2, 0.25) is 0 Å². The molecule has 0 bridgehead atoms. The molecule has 0 amide bonds. The Labute approximate surface area is 65.9 Å². The smallest absolute Gasteiger partial charge is 0.111 e. The number of alkyl halides is 1. The van der Waals surface area contributed by atoms with Crippen molar-refractivity contribution in [3.05, 3.63) is 0 Å². The minimum absolute atomic E-state index is 0.333. The number of halogens is 1. The van der Waals surface area contributed by atoms with Crippen molar-refractivity contribution >= 4 is 17.4 Å². The van der Waals surface area contributed by atoms with Crippen LogP contribution in [0.25, 0.3) is 0 Å². The molecule has 3 nitrogen and oxygen atoms in total. The molecule has 1 aliphatic heterocycles. The van der Waals surface area contributed by atoms with Crippen LogP contribution in [0.5, 0.6) is 0 Å². The minimum atomic E-state index is 0.333. The third kappa shape index (κ3) is 1.85. The van der Waals surface area contributed by atoms with Gasteiger partial charge in [-0.2, -0.15) is 0 Å². The molecule has 0 aromatic carbocycles. The van der Waals surface area contributed by atoms with Crippen LogP contribution in [0.2, 0.25) is 0 Å². The van der Waals surface area contributed by atoms with Gasteiger partial charge in [-0.15, -0.1) is 11.6 Å². The van der Waals surface area contributed by atoms with E-state index in [4.69, 9.17) is 17.0 Å². The summed E-state index contributed by atoms with van der Waals surface area (Å²) in [6, 6.07) is 0. The summed E-state index contributed by atoms with van der Waals surface area (Å²) >= 11 is 5.50. The zero-order valence-corrected chi connectivity index (χ0v) is 6.62. The quantitative estimate of drug-likeness (QED) is 0.326. The van der Waals surface area contributed by atoms with Gasteiger partial charge in [0, 0.05) is 26.2 Å². The Hall–Kier alpha value is -0.280. The predicted molar refractivity (Wildman–Crippen MR) is 42.9 cm³/mol. The molecule has 10 heavy (non-hydrogen) atoms. The van der Waals surface area contributed by atoms with Crippen LogP contribution in [0.1, 0.15) is 0 Å². The lowest BCUT2D eigenvalue weighted by atomic mass is 10.3. The number of rotatable bonds is 1. The molecule has 0 atom stereocenters. The van der Waals surface area contributed by atoms with Gasteiger partial charge in [0.25, 0.3) is 0 Å². The van der Waals surface area contributed by atoms with E-state index in [0.717, 1.165) is 26.2 Å². The summed E-state index contributed by atoms with van der Waals surface area (Å²) < 4.78 is 0. The van der Waals surface area contributed by atoms with Crippen molar-refractivity contribution in [1.29, 1.82) is 5.41 Å². The van der Waals surface area contributed by atoms with E-state index < -0.39 is 0 Å². The van der Waals surface area contributed by atoms with Crippen molar-refractivity contribution in [1.82, 2.24) is 10.2 Å². The van der Waals surface area contributed by atoms with Crippen LogP contribution in [0, 0.1) is 5.41 Å². The average molecular weight is 162 g/mol. The zero-order valence-electron chi connectivity index (χ0n) is 5.86. The molecular weight excluding hydrogens is 150 g/mol. The first-order chi connectivity index (χ1) is 4.84. The Morgan fingerprint density at radius 3 is 2.60 bits per heavy atom. The third-order valence-electron chi connectivity index (χ3n) is 1.63. The van der Waals surface area contributed by atoms with Crippen molar-refractivity contribution in [3.63, 3.8) is 0 Å². The van der Waals surface area contributed by atoms with Gasteiger partial charge in [-0.3, -0.25) is 5.41 Å². The molecule has 0 aromatic rings. The molecule has 2 N–H and O–H groups in total. The molecule has 0 spiro atoms. The van der Waals surface area contributed by atoms with Crippen molar-refractivity contribution in [2.45, 2.75) is 0 Å². The largest absolute Gasteiger partial charge is 0.357 e. The number of nitrogens with zero attached hydrogens (tertiary/aromatic N) is 1. The highest BCUT2D eigenvalue weighted by molar-refractivity contribution is 6.27. The van der Waals surface area contributed by atoms with Crippen LogP contribution in [0.3, 0.4) is 0 Å². The first kappa shape index (κ1) is 7.82. The second kappa shape index (κ2) is 3.78. The van der Waals surface area contributed by atoms with Crippen LogP contribution in [0.15, 0.2) is 0 Å².